The quantitative estimate of drug-likeness (QED) is 0.884. The molecule has 0 aliphatic carbocycles. The van der Waals surface area contributed by atoms with Gasteiger partial charge in [0.15, 0.2) is 0 Å². The molecule has 1 amide bonds. The highest BCUT2D eigenvalue weighted by molar-refractivity contribution is 5.92. The fraction of sp³-hybridized carbons (Fsp3) is 0.278. The molecule has 0 aromatic heterocycles. The van der Waals surface area contributed by atoms with Crippen LogP contribution in [0.2, 0.25) is 0 Å². The molecule has 2 aromatic rings. The fourth-order valence-electron chi connectivity index (χ4n) is 2.24. The smallest absolute Gasteiger partial charge is 0.238 e. The van der Waals surface area contributed by atoms with E-state index in [0.29, 0.717) is 12.2 Å². The number of anilines is 1. The monoisotopic (exact) mass is 300 g/mol. The molecule has 0 unspecified atom stereocenters. The summed E-state index contributed by atoms with van der Waals surface area (Å²) in [6.45, 7) is 5.62. The summed E-state index contributed by atoms with van der Waals surface area (Å²) in [4.78, 5) is 14.2. The van der Waals surface area contributed by atoms with Gasteiger partial charge >= 0.3 is 0 Å². The van der Waals surface area contributed by atoms with Crippen LogP contribution in [0.25, 0.3) is 0 Å². The van der Waals surface area contributed by atoms with Crippen LogP contribution in [0.5, 0.6) is 0 Å². The summed E-state index contributed by atoms with van der Waals surface area (Å²) in [6, 6.07) is 14.4. The molecular formula is C18H21FN2O. The molecule has 0 saturated heterocycles. The van der Waals surface area contributed by atoms with E-state index in [1.807, 2.05) is 49.1 Å². The molecule has 0 heterocycles. The van der Waals surface area contributed by atoms with Crippen molar-refractivity contribution in [1.29, 1.82) is 0 Å². The average molecular weight is 300 g/mol. The second-order valence-electron chi connectivity index (χ2n) is 5.30. The minimum absolute atomic E-state index is 0.133. The van der Waals surface area contributed by atoms with Crippen molar-refractivity contribution in [2.45, 2.75) is 20.4 Å². The summed E-state index contributed by atoms with van der Waals surface area (Å²) >= 11 is 0. The Balaban J connectivity index is 1.96. The zero-order valence-electron chi connectivity index (χ0n) is 13.0. The van der Waals surface area contributed by atoms with Gasteiger partial charge in [0.2, 0.25) is 5.91 Å². The second kappa shape index (κ2) is 7.71. The Hall–Kier alpha value is -2.20. The van der Waals surface area contributed by atoms with Crippen molar-refractivity contribution >= 4 is 11.6 Å². The SMILES string of the molecule is CCN(CC(=O)Nc1cc(F)ccc1C)Cc1ccccc1. The molecule has 116 valence electrons. The van der Waals surface area contributed by atoms with Gasteiger partial charge in [-0.1, -0.05) is 43.3 Å². The lowest BCUT2D eigenvalue weighted by molar-refractivity contribution is -0.117. The Bertz CT molecular complexity index is 628. The number of likely N-dealkylation sites (N-methyl/N-ethyl adjacent to an activating group) is 1. The number of aryl methyl sites for hydroxylation is 1. The number of nitrogens with one attached hydrogen (secondary N) is 1. The minimum atomic E-state index is -0.350. The molecule has 0 atom stereocenters. The molecule has 22 heavy (non-hydrogen) atoms. The van der Waals surface area contributed by atoms with E-state index in [0.717, 1.165) is 12.1 Å². The van der Waals surface area contributed by atoms with Gasteiger partial charge in [0.05, 0.1) is 6.54 Å². The van der Waals surface area contributed by atoms with Crippen LogP contribution in [-0.4, -0.2) is 23.9 Å². The van der Waals surface area contributed by atoms with Gasteiger partial charge in [-0.25, -0.2) is 4.39 Å². The molecule has 4 heteroatoms. The Morgan fingerprint density at radius 1 is 1.18 bits per heavy atom. The summed E-state index contributed by atoms with van der Waals surface area (Å²) in [7, 11) is 0. The molecule has 2 aromatic carbocycles. The molecule has 0 saturated carbocycles. The lowest BCUT2D eigenvalue weighted by atomic mass is 10.2. The number of carbonyl (C=O) groups excluding carboxylic acids is 1. The van der Waals surface area contributed by atoms with Gasteiger partial charge in [0.1, 0.15) is 5.82 Å². The van der Waals surface area contributed by atoms with E-state index in [4.69, 9.17) is 0 Å². The molecular weight excluding hydrogens is 279 g/mol. The van der Waals surface area contributed by atoms with Crippen LogP contribution in [0, 0.1) is 12.7 Å². The molecule has 0 radical (unpaired) electrons. The molecule has 3 nitrogen and oxygen atoms in total. The third-order valence-corrected chi connectivity index (χ3v) is 3.54. The Kier molecular flexibility index (Phi) is 5.67. The van der Waals surface area contributed by atoms with E-state index in [1.165, 1.54) is 17.7 Å². The average Bonchev–Trinajstić information content (AvgIpc) is 2.51. The maximum absolute atomic E-state index is 13.3. The van der Waals surface area contributed by atoms with Crippen molar-refractivity contribution in [3.63, 3.8) is 0 Å². The standard InChI is InChI=1S/C18H21FN2O/c1-3-21(12-15-7-5-4-6-8-15)13-18(22)20-17-11-16(19)10-9-14(17)2/h4-11H,3,12-13H2,1-2H3,(H,20,22). The van der Waals surface area contributed by atoms with Crippen molar-refractivity contribution in [3.8, 4) is 0 Å². The number of rotatable bonds is 6. The fourth-order valence-corrected chi connectivity index (χ4v) is 2.24. The predicted molar refractivity (Wildman–Crippen MR) is 87.2 cm³/mol. The molecule has 0 bridgehead atoms. The number of nitrogens with zero attached hydrogens (tertiary/aromatic N) is 1. The van der Waals surface area contributed by atoms with Gasteiger partial charge in [-0.3, -0.25) is 9.69 Å². The van der Waals surface area contributed by atoms with E-state index in [1.54, 1.807) is 6.07 Å². The number of halogens is 1. The van der Waals surface area contributed by atoms with Gasteiger partial charge in [-0.2, -0.15) is 0 Å². The molecule has 0 spiro atoms. The lowest BCUT2D eigenvalue weighted by Gasteiger charge is -2.20. The number of carbonyl (C=O) groups is 1. The van der Waals surface area contributed by atoms with Gasteiger partial charge in [-0.05, 0) is 36.7 Å². The highest BCUT2D eigenvalue weighted by atomic mass is 19.1. The van der Waals surface area contributed by atoms with Crippen molar-refractivity contribution in [2.24, 2.45) is 0 Å². The first-order valence-electron chi connectivity index (χ1n) is 7.40. The van der Waals surface area contributed by atoms with Crippen molar-refractivity contribution in [3.05, 3.63) is 65.5 Å². The minimum Gasteiger partial charge on any atom is -0.325 e. The van der Waals surface area contributed by atoms with Crippen LogP contribution in [0.15, 0.2) is 48.5 Å². The Labute approximate surface area is 130 Å². The lowest BCUT2D eigenvalue weighted by Crippen LogP contribution is -2.32. The van der Waals surface area contributed by atoms with Gasteiger partial charge in [-0.15, -0.1) is 0 Å². The molecule has 0 aliphatic rings. The van der Waals surface area contributed by atoms with Crippen LogP contribution in [0.4, 0.5) is 10.1 Å². The number of amides is 1. The zero-order chi connectivity index (χ0) is 15.9. The predicted octanol–water partition coefficient (Wildman–Crippen LogP) is 3.59. The first kappa shape index (κ1) is 16.2. The molecule has 2 rings (SSSR count). The van der Waals surface area contributed by atoms with E-state index >= 15 is 0 Å². The van der Waals surface area contributed by atoms with Gasteiger partial charge < -0.3 is 5.32 Å². The number of hydrogen-bond acceptors (Lipinski definition) is 2. The van der Waals surface area contributed by atoms with E-state index in [-0.39, 0.29) is 18.3 Å². The molecule has 0 fully saturated rings. The van der Waals surface area contributed by atoms with E-state index in [2.05, 4.69) is 5.32 Å². The van der Waals surface area contributed by atoms with Gasteiger partial charge in [0.25, 0.3) is 0 Å². The maximum Gasteiger partial charge on any atom is 0.238 e. The van der Waals surface area contributed by atoms with Crippen molar-refractivity contribution in [1.82, 2.24) is 4.90 Å². The van der Waals surface area contributed by atoms with Crippen molar-refractivity contribution < 1.29 is 9.18 Å². The third-order valence-electron chi connectivity index (χ3n) is 3.54. The number of benzene rings is 2. The first-order valence-corrected chi connectivity index (χ1v) is 7.40. The second-order valence-corrected chi connectivity index (χ2v) is 5.30. The van der Waals surface area contributed by atoms with Crippen LogP contribution in [0.1, 0.15) is 18.1 Å². The molecule has 0 aliphatic heterocycles. The van der Waals surface area contributed by atoms with E-state index in [9.17, 15) is 9.18 Å². The maximum atomic E-state index is 13.3. The van der Waals surface area contributed by atoms with Crippen LogP contribution >= 0.6 is 0 Å². The third kappa shape index (κ3) is 4.67. The normalized spacial score (nSPS) is 10.7. The highest BCUT2D eigenvalue weighted by Gasteiger charge is 2.11. The number of hydrogen-bond donors (Lipinski definition) is 1. The van der Waals surface area contributed by atoms with Gasteiger partial charge in [0, 0.05) is 12.2 Å². The zero-order valence-corrected chi connectivity index (χ0v) is 13.0. The van der Waals surface area contributed by atoms with Crippen LogP contribution < -0.4 is 5.32 Å². The summed E-state index contributed by atoms with van der Waals surface area (Å²) in [6.07, 6.45) is 0. The summed E-state index contributed by atoms with van der Waals surface area (Å²) in [5.74, 6) is -0.482. The summed E-state index contributed by atoms with van der Waals surface area (Å²) in [5, 5.41) is 2.78. The Morgan fingerprint density at radius 2 is 1.91 bits per heavy atom. The Morgan fingerprint density at radius 3 is 2.59 bits per heavy atom. The van der Waals surface area contributed by atoms with E-state index < -0.39 is 0 Å². The summed E-state index contributed by atoms with van der Waals surface area (Å²) < 4.78 is 13.3. The molecule has 1 N–H and O–H groups in total. The van der Waals surface area contributed by atoms with Crippen LogP contribution in [0.3, 0.4) is 0 Å². The highest BCUT2D eigenvalue weighted by Crippen LogP contribution is 2.16. The largest absolute Gasteiger partial charge is 0.325 e. The summed E-state index contributed by atoms with van der Waals surface area (Å²) in [5.41, 5.74) is 2.54. The first-order chi connectivity index (χ1) is 10.6. The topological polar surface area (TPSA) is 32.3 Å². The van der Waals surface area contributed by atoms with Crippen molar-refractivity contribution in [2.75, 3.05) is 18.4 Å². The van der Waals surface area contributed by atoms with Crippen LogP contribution in [-0.2, 0) is 11.3 Å².